The molecule has 0 aliphatic carbocycles. The van der Waals surface area contributed by atoms with Crippen molar-refractivity contribution in [1.82, 2.24) is 9.97 Å². The summed E-state index contributed by atoms with van der Waals surface area (Å²) in [6.45, 7) is 2.08. The lowest BCUT2D eigenvalue weighted by Crippen LogP contribution is -2.19. The topological polar surface area (TPSA) is 67.3 Å². The number of nitrogens with zero attached hydrogens (tertiary/aromatic N) is 3. The summed E-state index contributed by atoms with van der Waals surface area (Å²) in [4.78, 5) is 23.6. The van der Waals surface area contributed by atoms with Crippen molar-refractivity contribution in [2.75, 3.05) is 30.4 Å². The van der Waals surface area contributed by atoms with Gasteiger partial charge in [-0.25, -0.2) is 9.97 Å². The maximum Gasteiger partial charge on any atom is 0.255 e. The quantitative estimate of drug-likeness (QED) is 0.731. The van der Waals surface area contributed by atoms with E-state index >= 15 is 0 Å². The number of hydrogen-bond donors (Lipinski definition) is 1. The Morgan fingerprint density at radius 1 is 1.04 bits per heavy atom. The molecule has 6 heteroatoms. The Kier molecular flexibility index (Phi) is 5.19. The van der Waals surface area contributed by atoms with Crippen LogP contribution in [0.15, 0.2) is 60.9 Å². The highest BCUT2D eigenvalue weighted by Crippen LogP contribution is 2.24. The smallest absolute Gasteiger partial charge is 0.255 e. The SMILES string of the molecule is COc1cccc(NC(=O)c2ccc(-c3cc(N4CCCC4)ncn3)cc2)c1. The van der Waals surface area contributed by atoms with Crippen LogP contribution in [-0.4, -0.2) is 36.1 Å². The van der Waals surface area contributed by atoms with E-state index in [0.29, 0.717) is 17.0 Å². The van der Waals surface area contributed by atoms with E-state index in [1.807, 2.05) is 48.5 Å². The van der Waals surface area contributed by atoms with Gasteiger partial charge in [-0.3, -0.25) is 4.79 Å². The molecule has 2 aromatic carbocycles. The van der Waals surface area contributed by atoms with Gasteiger partial charge < -0.3 is 15.0 Å². The highest BCUT2D eigenvalue weighted by Gasteiger charge is 2.14. The molecule has 28 heavy (non-hydrogen) atoms. The number of anilines is 2. The number of hydrogen-bond acceptors (Lipinski definition) is 5. The maximum atomic E-state index is 12.5. The number of aromatic nitrogens is 2. The number of nitrogens with one attached hydrogen (secondary N) is 1. The third kappa shape index (κ3) is 3.96. The van der Waals surface area contributed by atoms with Crippen molar-refractivity contribution >= 4 is 17.4 Å². The molecule has 0 unspecified atom stereocenters. The van der Waals surface area contributed by atoms with E-state index in [1.165, 1.54) is 12.8 Å². The van der Waals surface area contributed by atoms with Crippen LogP contribution in [0.2, 0.25) is 0 Å². The van der Waals surface area contributed by atoms with Crippen molar-refractivity contribution in [2.45, 2.75) is 12.8 Å². The summed E-state index contributed by atoms with van der Waals surface area (Å²) in [7, 11) is 1.60. The van der Waals surface area contributed by atoms with Crippen molar-refractivity contribution < 1.29 is 9.53 Å². The van der Waals surface area contributed by atoms with E-state index in [1.54, 1.807) is 19.5 Å². The summed E-state index contributed by atoms with van der Waals surface area (Å²) in [6, 6.07) is 16.7. The van der Waals surface area contributed by atoms with Crippen LogP contribution < -0.4 is 15.0 Å². The van der Waals surface area contributed by atoms with Gasteiger partial charge in [-0.05, 0) is 37.1 Å². The molecule has 1 amide bonds. The van der Waals surface area contributed by atoms with Gasteiger partial charge in [-0.15, -0.1) is 0 Å². The van der Waals surface area contributed by atoms with E-state index in [-0.39, 0.29) is 5.91 Å². The monoisotopic (exact) mass is 374 g/mol. The minimum Gasteiger partial charge on any atom is -0.497 e. The largest absolute Gasteiger partial charge is 0.497 e. The van der Waals surface area contributed by atoms with Crippen LogP contribution in [0.3, 0.4) is 0 Å². The van der Waals surface area contributed by atoms with Gasteiger partial charge in [-0.2, -0.15) is 0 Å². The van der Waals surface area contributed by atoms with E-state index in [0.717, 1.165) is 30.2 Å². The standard InChI is InChI=1S/C22H22N4O2/c1-28-19-6-4-5-18(13-19)25-22(27)17-9-7-16(8-10-17)20-14-21(24-15-23-20)26-11-2-3-12-26/h4-10,13-15H,2-3,11-12H2,1H3,(H,25,27). The summed E-state index contributed by atoms with van der Waals surface area (Å²) in [5.41, 5.74) is 3.09. The number of carbonyl (C=O) groups is 1. The lowest BCUT2D eigenvalue weighted by atomic mass is 10.1. The fraction of sp³-hybridized carbons (Fsp3) is 0.227. The molecular formula is C22H22N4O2. The lowest BCUT2D eigenvalue weighted by Gasteiger charge is -2.16. The molecule has 6 nitrogen and oxygen atoms in total. The molecular weight excluding hydrogens is 352 g/mol. The van der Waals surface area contributed by atoms with Gasteiger partial charge in [0, 0.05) is 42.0 Å². The minimum absolute atomic E-state index is 0.166. The first-order valence-corrected chi connectivity index (χ1v) is 9.36. The van der Waals surface area contributed by atoms with Crippen molar-refractivity contribution in [2.24, 2.45) is 0 Å². The number of rotatable bonds is 5. The number of carbonyl (C=O) groups excluding carboxylic acids is 1. The first-order valence-electron chi connectivity index (χ1n) is 9.36. The molecule has 142 valence electrons. The third-order valence-corrected chi connectivity index (χ3v) is 4.85. The average Bonchev–Trinajstić information content (AvgIpc) is 3.29. The molecule has 0 atom stereocenters. The first kappa shape index (κ1) is 18.0. The van der Waals surface area contributed by atoms with Gasteiger partial charge in [-0.1, -0.05) is 18.2 Å². The molecule has 3 aromatic rings. The van der Waals surface area contributed by atoms with Gasteiger partial charge in [0.05, 0.1) is 12.8 Å². The second-order valence-corrected chi connectivity index (χ2v) is 6.72. The summed E-state index contributed by atoms with van der Waals surface area (Å²) in [6.07, 6.45) is 4.01. The Morgan fingerprint density at radius 2 is 1.82 bits per heavy atom. The van der Waals surface area contributed by atoms with E-state index in [2.05, 4.69) is 20.2 Å². The van der Waals surface area contributed by atoms with E-state index in [9.17, 15) is 4.79 Å². The molecule has 2 heterocycles. The Balaban J connectivity index is 1.49. The molecule has 1 saturated heterocycles. The van der Waals surface area contributed by atoms with Crippen LogP contribution in [0.25, 0.3) is 11.3 Å². The zero-order valence-electron chi connectivity index (χ0n) is 15.8. The van der Waals surface area contributed by atoms with Crippen LogP contribution in [0, 0.1) is 0 Å². The minimum atomic E-state index is -0.166. The maximum absolute atomic E-state index is 12.5. The Hall–Kier alpha value is -3.41. The molecule has 1 N–H and O–H groups in total. The van der Waals surface area contributed by atoms with Gasteiger partial charge in [0.25, 0.3) is 5.91 Å². The van der Waals surface area contributed by atoms with Crippen LogP contribution in [0.1, 0.15) is 23.2 Å². The second-order valence-electron chi connectivity index (χ2n) is 6.72. The fourth-order valence-corrected chi connectivity index (χ4v) is 3.32. The Bertz CT molecular complexity index is 966. The van der Waals surface area contributed by atoms with Gasteiger partial charge in [0.1, 0.15) is 17.9 Å². The molecule has 1 aromatic heterocycles. The number of ether oxygens (including phenoxy) is 1. The Morgan fingerprint density at radius 3 is 2.57 bits per heavy atom. The summed E-state index contributed by atoms with van der Waals surface area (Å²) >= 11 is 0. The van der Waals surface area contributed by atoms with Gasteiger partial charge in [0.2, 0.25) is 0 Å². The molecule has 0 radical (unpaired) electrons. The van der Waals surface area contributed by atoms with Gasteiger partial charge in [0.15, 0.2) is 0 Å². The van der Waals surface area contributed by atoms with Crippen molar-refractivity contribution in [1.29, 1.82) is 0 Å². The fourth-order valence-electron chi connectivity index (χ4n) is 3.32. The second kappa shape index (κ2) is 8.08. The average molecular weight is 374 g/mol. The van der Waals surface area contributed by atoms with Crippen molar-refractivity contribution in [3.63, 3.8) is 0 Å². The Labute approximate surface area is 164 Å². The van der Waals surface area contributed by atoms with Crippen LogP contribution in [0.4, 0.5) is 11.5 Å². The zero-order chi connectivity index (χ0) is 19.3. The van der Waals surface area contributed by atoms with E-state index < -0.39 is 0 Å². The molecule has 1 fully saturated rings. The predicted molar refractivity (Wildman–Crippen MR) is 110 cm³/mol. The highest BCUT2D eigenvalue weighted by atomic mass is 16.5. The van der Waals surface area contributed by atoms with Crippen LogP contribution in [0.5, 0.6) is 5.75 Å². The normalized spacial score (nSPS) is 13.4. The van der Waals surface area contributed by atoms with Crippen LogP contribution in [-0.2, 0) is 0 Å². The molecule has 4 rings (SSSR count). The lowest BCUT2D eigenvalue weighted by molar-refractivity contribution is 0.102. The third-order valence-electron chi connectivity index (χ3n) is 4.85. The van der Waals surface area contributed by atoms with Crippen molar-refractivity contribution in [3.05, 3.63) is 66.5 Å². The first-order chi connectivity index (χ1) is 13.7. The predicted octanol–water partition coefficient (Wildman–Crippen LogP) is 4.00. The zero-order valence-corrected chi connectivity index (χ0v) is 15.8. The summed E-state index contributed by atoms with van der Waals surface area (Å²) in [5, 5.41) is 2.89. The molecule has 0 spiro atoms. The number of benzene rings is 2. The van der Waals surface area contributed by atoms with E-state index in [4.69, 9.17) is 4.74 Å². The molecule has 0 bridgehead atoms. The van der Waals surface area contributed by atoms with Gasteiger partial charge >= 0.3 is 0 Å². The van der Waals surface area contributed by atoms with Crippen LogP contribution >= 0.6 is 0 Å². The summed E-state index contributed by atoms with van der Waals surface area (Å²) < 4.78 is 5.19. The molecule has 1 aliphatic heterocycles. The highest BCUT2D eigenvalue weighted by molar-refractivity contribution is 6.04. The summed E-state index contributed by atoms with van der Waals surface area (Å²) in [5.74, 6) is 1.49. The molecule has 1 aliphatic rings. The molecule has 0 saturated carbocycles. The van der Waals surface area contributed by atoms with Crippen molar-refractivity contribution in [3.8, 4) is 17.0 Å². The number of amides is 1. The number of methoxy groups -OCH3 is 1.